The monoisotopic (exact) mass is 385 g/mol. The summed E-state index contributed by atoms with van der Waals surface area (Å²) in [5.41, 5.74) is 1.17. The van der Waals surface area contributed by atoms with Gasteiger partial charge in [-0.05, 0) is 23.7 Å². The number of likely N-dealkylation sites (N-methyl/N-ethyl adjacent to an activating group) is 1. The molecular weight excluding hydrogens is 366 g/mol. The van der Waals surface area contributed by atoms with Crippen LogP contribution in [0.1, 0.15) is 5.56 Å². The lowest BCUT2D eigenvalue weighted by molar-refractivity contribution is -0.127. The minimum Gasteiger partial charge on any atom is -0.335 e. The highest BCUT2D eigenvalue weighted by molar-refractivity contribution is 8.13. The molecule has 140 valence electrons. The van der Waals surface area contributed by atoms with Crippen LogP contribution in [0.5, 0.6) is 0 Å². The summed E-state index contributed by atoms with van der Waals surface area (Å²) in [6.07, 6.45) is 1.83. The van der Waals surface area contributed by atoms with E-state index in [-0.39, 0.29) is 5.91 Å². The molecule has 1 aromatic carbocycles. The smallest absolute Gasteiger partial charge is 0.325 e. The molecule has 1 aromatic heterocycles. The first kappa shape index (κ1) is 17.5. The number of thioether (sulfide) groups is 1. The van der Waals surface area contributed by atoms with Crippen LogP contribution >= 0.6 is 11.8 Å². The fraction of sp³-hybridized carbons (Fsp3) is 0.353. The van der Waals surface area contributed by atoms with Crippen molar-refractivity contribution in [3.63, 3.8) is 0 Å². The molecule has 9 nitrogen and oxygen atoms in total. The molecule has 2 aliphatic rings. The Labute approximate surface area is 160 Å². The van der Waals surface area contributed by atoms with Gasteiger partial charge in [0, 0.05) is 20.6 Å². The Bertz CT molecular complexity index is 898. The van der Waals surface area contributed by atoms with Crippen LogP contribution in [0.15, 0.2) is 46.8 Å². The number of fused-ring (bicyclic) bond motifs is 1. The number of hydrogen-bond acceptors (Lipinski definition) is 7. The van der Waals surface area contributed by atoms with Gasteiger partial charge in [0.15, 0.2) is 22.5 Å². The summed E-state index contributed by atoms with van der Waals surface area (Å²) in [7, 11) is 3.50. The van der Waals surface area contributed by atoms with Gasteiger partial charge in [-0.15, -0.1) is 10.2 Å². The highest BCUT2D eigenvalue weighted by atomic mass is 32.2. The van der Waals surface area contributed by atoms with Crippen LogP contribution in [-0.4, -0.2) is 67.5 Å². The van der Waals surface area contributed by atoms with Gasteiger partial charge in [0.2, 0.25) is 0 Å². The standard InChI is InChI=1S/C17H19N7O2S/c1-22-10-18-21-17(22)27-16-19-13-12(14(25)20-15(26)23(13)2)24(16)9-8-11-6-4-3-5-7-11/h3-7,10,12-13H,8-9H2,1-2H3,(H,20,25,26). The van der Waals surface area contributed by atoms with Gasteiger partial charge in [0.1, 0.15) is 6.33 Å². The zero-order chi connectivity index (χ0) is 19.0. The van der Waals surface area contributed by atoms with Crippen molar-refractivity contribution in [1.82, 2.24) is 29.9 Å². The Morgan fingerprint density at radius 3 is 2.67 bits per heavy atom. The second-order valence-electron chi connectivity index (χ2n) is 6.43. The molecule has 3 heterocycles. The molecule has 4 rings (SSSR count). The third-order valence-corrected chi connectivity index (χ3v) is 5.73. The summed E-state index contributed by atoms with van der Waals surface area (Å²) >= 11 is 1.35. The van der Waals surface area contributed by atoms with E-state index in [1.165, 1.54) is 22.2 Å². The van der Waals surface area contributed by atoms with Crippen molar-refractivity contribution in [2.45, 2.75) is 23.8 Å². The first-order valence-electron chi connectivity index (χ1n) is 8.52. The quantitative estimate of drug-likeness (QED) is 0.832. The van der Waals surface area contributed by atoms with E-state index in [0.717, 1.165) is 6.42 Å². The van der Waals surface area contributed by atoms with Crippen molar-refractivity contribution in [1.29, 1.82) is 0 Å². The Morgan fingerprint density at radius 2 is 1.96 bits per heavy atom. The minimum absolute atomic E-state index is 0.325. The van der Waals surface area contributed by atoms with Crippen molar-refractivity contribution in [3.05, 3.63) is 42.2 Å². The average Bonchev–Trinajstić information content (AvgIpc) is 3.23. The summed E-state index contributed by atoms with van der Waals surface area (Å²) in [5, 5.41) is 11.7. The molecule has 0 radical (unpaired) electrons. The molecule has 3 amide bonds. The van der Waals surface area contributed by atoms with Crippen LogP contribution in [0.2, 0.25) is 0 Å². The van der Waals surface area contributed by atoms with E-state index < -0.39 is 18.2 Å². The van der Waals surface area contributed by atoms with Crippen molar-refractivity contribution in [2.24, 2.45) is 12.0 Å². The molecule has 10 heteroatoms. The molecule has 0 bridgehead atoms. The van der Waals surface area contributed by atoms with Gasteiger partial charge in [-0.25, -0.2) is 9.79 Å². The predicted molar refractivity (Wildman–Crippen MR) is 100 cm³/mol. The van der Waals surface area contributed by atoms with Gasteiger partial charge >= 0.3 is 6.03 Å². The number of amidine groups is 1. The SMILES string of the molecule is CN1C(=O)NC(=O)C2C1N=C(Sc1nncn1C)N2CCc1ccccc1. The lowest BCUT2D eigenvalue weighted by Gasteiger charge is -2.36. The van der Waals surface area contributed by atoms with Crippen LogP contribution in [0.25, 0.3) is 0 Å². The molecular formula is C17H19N7O2S. The van der Waals surface area contributed by atoms with E-state index in [0.29, 0.717) is 16.9 Å². The second kappa shape index (κ2) is 7.03. The summed E-state index contributed by atoms with van der Waals surface area (Å²) in [6.45, 7) is 0.602. The van der Waals surface area contributed by atoms with Crippen molar-refractivity contribution >= 4 is 28.9 Å². The van der Waals surface area contributed by atoms with E-state index in [4.69, 9.17) is 0 Å². The Hall–Kier alpha value is -2.88. The molecule has 1 N–H and O–H groups in total. The number of carbonyl (C=O) groups excluding carboxylic acids is 2. The first-order valence-corrected chi connectivity index (χ1v) is 9.34. The van der Waals surface area contributed by atoms with Crippen LogP contribution < -0.4 is 5.32 Å². The maximum absolute atomic E-state index is 12.6. The summed E-state index contributed by atoms with van der Waals surface area (Å²) in [5.74, 6) is -0.325. The van der Waals surface area contributed by atoms with Gasteiger partial charge < -0.3 is 14.4 Å². The van der Waals surface area contributed by atoms with E-state index in [1.54, 1.807) is 17.9 Å². The number of nitrogens with one attached hydrogen (secondary N) is 1. The molecule has 2 atom stereocenters. The lowest BCUT2D eigenvalue weighted by atomic mass is 10.1. The number of aromatic nitrogens is 3. The molecule has 2 unspecified atom stereocenters. The fourth-order valence-corrected chi connectivity index (χ4v) is 4.09. The molecule has 1 fully saturated rings. The molecule has 0 spiro atoms. The van der Waals surface area contributed by atoms with Crippen LogP contribution in [0.4, 0.5) is 4.79 Å². The highest BCUT2D eigenvalue weighted by Gasteiger charge is 2.48. The molecule has 2 aliphatic heterocycles. The van der Waals surface area contributed by atoms with E-state index in [2.05, 4.69) is 32.6 Å². The molecule has 27 heavy (non-hydrogen) atoms. The van der Waals surface area contributed by atoms with Gasteiger partial charge in [-0.3, -0.25) is 10.1 Å². The summed E-state index contributed by atoms with van der Waals surface area (Å²) < 4.78 is 1.79. The number of aryl methyl sites for hydroxylation is 1. The number of benzene rings is 1. The topological polar surface area (TPSA) is 95.7 Å². The zero-order valence-electron chi connectivity index (χ0n) is 14.9. The maximum Gasteiger partial charge on any atom is 0.325 e. The average molecular weight is 385 g/mol. The summed E-state index contributed by atoms with van der Waals surface area (Å²) in [4.78, 5) is 32.6. The Morgan fingerprint density at radius 1 is 1.19 bits per heavy atom. The Kier molecular flexibility index (Phi) is 4.56. The number of hydrogen-bond donors (Lipinski definition) is 1. The van der Waals surface area contributed by atoms with Gasteiger partial charge in [-0.2, -0.15) is 0 Å². The van der Waals surface area contributed by atoms with Crippen LogP contribution in [-0.2, 0) is 18.3 Å². The van der Waals surface area contributed by atoms with Gasteiger partial charge in [0.25, 0.3) is 5.91 Å². The molecule has 0 saturated carbocycles. The first-order chi connectivity index (χ1) is 13.0. The number of carbonyl (C=O) groups is 2. The number of imide groups is 1. The zero-order valence-corrected chi connectivity index (χ0v) is 15.8. The number of aliphatic imine (C=N–C) groups is 1. The number of urea groups is 1. The number of amides is 3. The van der Waals surface area contributed by atoms with Crippen LogP contribution in [0, 0.1) is 0 Å². The maximum atomic E-state index is 12.6. The third-order valence-electron chi connectivity index (χ3n) is 4.66. The number of rotatable bonds is 4. The van der Waals surface area contributed by atoms with E-state index >= 15 is 0 Å². The molecule has 0 aliphatic carbocycles. The minimum atomic E-state index is -0.549. The molecule has 2 aromatic rings. The van der Waals surface area contributed by atoms with E-state index in [9.17, 15) is 9.59 Å². The number of nitrogens with zero attached hydrogens (tertiary/aromatic N) is 6. The molecule has 1 saturated heterocycles. The van der Waals surface area contributed by atoms with E-state index in [1.807, 2.05) is 30.1 Å². The van der Waals surface area contributed by atoms with Crippen molar-refractivity contribution < 1.29 is 9.59 Å². The Balaban J connectivity index is 1.61. The van der Waals surface area contributed by atoms with Crippen molar-refractivity contribution in [2.75, 3.05) is 13.6 Å². The van der Waals surface area contributed by atoms with Crippen LogP contribution in [0.3, 0.4) is 0 Å². The lowest BCUT2D eigenvalue weighted by Crippen LogP contribution is -2.63. The second-order valence-corrected chi connectivity index (χ2v) is 7.37. The fourth-order valence-electron chi connectivity index (χ4n) is 3.16. The highest BCUT2D eigenvalue weighted by Crippen LogP contribution is 2.31. The summed E-state index contributed by atoms with van der Waals surface area (Å²) in [6, 6.07) is 9.08. The van der Waals surface area contributed by atoms with Gasteiger partial charge in [-0.1, -0.05) is 30.3 Å². The predicted octanol–water partition coefficient (Wildman–Crippen LogP) is 0.698. The largest absolute Gasteiger partial charge is 0.335 e. The van der Waals surface area contributed by atoms with Crippen molar-refractivity contribution in [3.8, 4) is 0 Å². The van der Waals surface area contributed by atoms with Gasteiger partial charge in [0.05, 0.1) is 0 Å². The normalized spacial score (nSPS) is 21.9. The third kappa shape index (κ3) is 3.27.